The van der Waals surface area contributed by atoms with Crippen molar-refractivity contribution >= 4 is 29.4 Å². The first-order valence-corrected chi connectivity index (χ1v) is 9.63. The number of fused-ring (bicyclic) bond motifs is 5. The highest BCUT2D eigenvalue weighted by molar-refractivity contribution is 6.07. The largest absolute Gasteiger partial charge is 0.454 e. The molecule has 7 nitrogen and oxygen atoms in total. The number of nitrogens with one attached hydrogen (secondary N) is 1. The van der Waals surface area contributed by atoms with E-state index in [0.717, 1.165) is 42.4 Å². The monoisotopic (exact) mass is 424 g/mol. The molecule has 4 rings (SSSR count). The second-order valence-electron chi connectivity index (χ2n) is 7.93. The van der Waals surface area contributed by atoms with Gasteiger partial charge < -0.3 is 10.1 Å². The van der Waals surface area contributed by atoms with Crippen LogP contribution in [0.5, 0.6) is 0 Å². The first-order chi connectivity index (χ1) is 14.1. The van der Waals surface area contributed by atoms with Gasteiger partial charge in [-0.25, -0.2) is 0 Å². The number of rotatable bonds is 5. The van der Waals surface area contributed by atoms with E-state index in [1.807, 2.05) is 0 Å². The minimum atomic E-state index is -4.56. The second-order valence-corrected chi connectivity index (χ2v) is 7.93. The van der Waals surface area contributed by atoms with Crippen molar-refractivity contribution in [3.63, 3.8) is 0 Å². The molecule has 2 saturated carbocycles. The number of halogens is 3. The number of hydrogen-bond donors (Lipinski definition) is 1. The zero-order valence-corrected chi connectivity index (χ0v) is 15.8. The standard InChI is InChI=1S/C20H19F3N2O5/c21-20(22,23)12-2-1-3-13(7-12)24-14(26)9-30-15(27)8-25-18(28)16-10-4-5-11(6-10)17(16)19(25)29/h1-3,7,10-11,16-17H,4-6,8-9H2,(H,24,26)/t10-,11-,16-,17-/m0/s1. The van der Waals surface area contributed by atoms with Gasteiger partial charge in [0.25, 0.3) is 5.91 Å². The summed E-state index contributed by atoms with van der Waals surface area (Å²) in [5.41, 5.74) is -1.03. The molecule has 1 aromatic rings. The van der Waals surface area contributed by atoms with Crippen LogP contribution in [-0.4, -0.2) is 41.7 Å². The molecule has 1 aliphatic heterocycles. The third-order valence-corrected chi connectivity index (χ3v) is 6.14. The number of alkyl halides is 3. The van der Waals surface area contributed by atoms with Gasteiger partial charge in [0.2, 0.25) is 11.8 Å². The summed E-state index contributed by atoms with van der Waals surface area (Å²) in [6.45, 7) is -1.32. The van der Waals surface area contributed by atoms with E-state index in [9.17, 15) is 32.3 Å². The van der Waals surface area contributed by atoms with Gasteiger partial charge in [-0.2, -0.15) is 13.2 Å². The average molecular weight is 424 g/mol. The first-order valence-electron chi connectivity index (χ1n) is 9.63. The molecule has 3 amide bonds. The molecule has 1 N–H and O–H groups in total. The lowest BCUT2D eigenvalue weighted by atomic mass is 9.81. The predicted octanol–water partition coefficient (Wildman–Crippen LogP) is 2.22. The van der Waals surface area contributed by atoms with Gasteiger partial charge in [-0.05, 0) is 49.3 Å². The van der Waals surface area contributed by atoms with Crippen molar-refractivity contribution in [2.75, 3.05) is 18.5 Å². The number of ether oxygens (including phenoxy) is 1. The Morgan fingerprint density at radius 1 is 1.10 bits per heavy atom. The van der Waals surface area contributed by atoms with Gasteiger partial charge >= 0.3 is 12.1 Å². The third-order valence-electron chi connectivity index (χ3n) is 6.14. The van der Waals surface area contributed by atoms with E-state index in [-0.39, 0.29) is 41.2 Å². The number of amides is 3. The number of likely N-dealkylation sites (tertiary alicyclic amines) is 1. The Labute approximate surface area is 169 Å². The number of esters is 1. The Morgan fingerprint density at radius 2 is 1.73 bits per heavy atom. The molecule has 1 saturated heterocycles. The zero-order valence-electron chi connectivity index (χ0n) is 15.8. The Bertz CT molecular complexity index is 888. The molecule has 2 aliphatic carbocycles. The van der Waals surface area contributed by atoms with Crippen molar-refractivity contribution in [1.82, 2.24) is 4.90 Å². The molecule has 3 aliphatic rings. The molecular formula is C20H19F3N2O5. The van der Waals surface area contributed by atoms with E-state index >= 15 is 0 Å². The fourth-order valence-electron chi connectivity index (χ4n) is 4.92. The molecule has 160 valence electrons. The van der Waals surface area contributed by atoms with Crippen LogP contribution in [0.3, 0.4) is 0 Å². The molecule has 1 aromatic carbocycles. The molecule has 0 aromatic heterocycles. The SMILES string of the molecule is O=C(COC(=O)CN1C(=O)[C@H]2[C@H]3CC[C@@H](C3)[C@@H]2C1=O)Nc1cccc(C(F)(F)F)c1. The van der Waals surface area contributed by atoms with Gasteiger partial charge in [-0.3, -0.25) is 24.1 Å². The number of hydrogen-bond acceptors (Lipinski definition) is 5. The van der Waals surface area contributed by atoms with Gasteiger partial charge in [0.15, 0.2) is 6.61 Å². The van der Waals surface area contributed by atoms with E-state index < -0.39 is 36.8 Å². The summed E-state index contributed by atoms with van der Waals surface area (Å²) in [5.74, 6) is -2.81. The highest BCUT2D eigenvalue weighted by Crippen LogP contribution is 2.56. The molecular weight excluding hydrogens is 405 g/mol. The summed E-state index contributed by atoms with van der Waals surface area (Å²) in [5, 5.41) is 2.21. The number of benzene rings is 1. The molecule has 1 heterocycles. The smallest absolute Gasteiger partial charge is 0.416 e. The van der Waals surface area contributed by atoms with Crippen LogP contribution in [0.15, 0.2) is 24.3 Å². The summed E-state index contributed by atoms with van der Waals surface area (Å²) >= 11 is 0. The number of imide groups is 1. The van der Waals surface area contributed by atoms with E-state index in [0.29, 0.717) is 0 Å². The second kappa shape index (κ2) is 7.41. The lowest BCUT2D eigenvalue weighted by Crippen LogP contribution is -2.38. The molecule has 10 heteroatoms. The zero-order chi connectivity index (χ0) is 21.6. The van der Waals surface area contributed by atoms with Crippen molar-refractivity contribution in [2.45, 2.75) is 25.4 Å². The fraction of sp³-hybridized carbons (Fsp3) is 0.500. The lowest BCUT2D eigenvalue weighted by Gasteiger charge is -2.19. The summed E-state index contributed by atoms with van der Waals surface area (Å²) in [7, 11) is 0. The van der Waals surface area contributed by atoms with Crippen LogP contribution in [0.4, 0.5) is 18.9 Å². The van der Waals surface area contributed by atoms with Gasteiger partial charge in [0.05, 0.1) is 17.4 Å². The van der Waals surface area contributed by atoms with Gasteiger partial charge in [-0.1, -0.05) is 6.07 Å². The summed E-state index contributed by atoms with van der Waals surface area (Å²) in [6.07, 6.45) is -1.85. The van der Waals surface area contributed by atoms with Crippen molar-refractivity contribution in [3.05, 3.63) is 29.8 Å². The molecule has 2 bridgehead atoms. The van der Waals surface area contributed by atoms with Crippen LogP contribution < -0.4 is 5.32 Å². The van der Waals surface area contributed by atoms with Crippen LogP contribution in [0, 0.1) is 23.7 Å². The number of carbonyl (C=O) groups excluding carboxylic acids is 4. The first kappa shape index (κ1) is 20.4. The number of nitrogens with zero attached hydrogens (tertiary/aromatic N) is 1. The van der Waals surface area contributed by atoms with Gasteiger partial charge in [-0.15, -0.1) is 0 Å². The van der Waals surface area contributed by atoms with Gasteiger partial charge in [0, 0.05) is 5.69 Å². The van der Waals surface area contributed by atoms with E-state index in [2.05, 4.69) is 5.32 Å². The van der Waals surface area contributed by atoms with Crippen LogP contribution in [0.1, 0.15) is 24.8 Å². The van der Waals surface area contributed by atoms with Crippen LogP contribution in [-0.2, 0) is 30.1 Å². The average Bonchev–Trinajstić information content (AvgIpc) is 3.36. The lowest BCUT2D eigenvalue weighted by molar-refractivity contribution is -0.154. The highest BCUT2D eigenvalue weighted by Gasteiger charge is 2.61. The normalized spacial score (nSPS) is 27.4. The quantitative estimate of drug-likeness (QED) is 0.578. The number of carbonyl (C=O) groups is 4. The maximum atomic E-state index is 12.7. The summed E-state index contributed by atoms with van der Waals surface area (Å²) in [4.78, 5) is 49.9. The van der Waals surface area contributed by atoms with Crippen LogP contribution in [0.2, 0.25) is 0 Å². The highest BCUT2D eigenvalue weighted by atomic mass is 19.4. The molecule has 4 atom stereocenters. The van der Waals surface area contributed by atoms with Crippen molar-refractivity contribution in [2.24, 2.45) is 23.7 Å². The summed E-state index contributed by atoms with van der Waals surface area (Å²) in [6, 6.07) is 4.03. The van der Waals surface area contributed by atoms with Crippen molar-refractivity contribution in [3.8, 4) is 0 Å². The Hall–Kier alpha value is -2.91. The summed E-state index contributed by atoms with van der Waals surface area (Å²) < 4.78 is 42.9. The van der Waals surface area contributed by atoms with E-state index in [4.69, 9.17) is 4.74 Å². The molecule has 0 unspecified atom stereocenters. The topological polar surface area (TPSA) is 92.8 Å². The number of anilines is 1. The Balaban J connectivity index is 1.29. The van der Waals surface area contributed by atoms with Crippen LogP contribution in [0.25, 0.3) is 0 Å². The minimum absolute atomic E-state index is 0.0981. The predicted molar refractivity (Wildman–Crippen MR) is 95.6 cm³/mol. The minimum Gasteiger partial charge on any atom is -0.454 e. The Kier molecular flexibility index (Phi) is 5.03. The fourth-order valence-corrected chi connectivity index (χ4v) is 4.92. The van der Waals surface area contributed by atoms with Crippen LogP contribution >= 0.6 is 0 Å². The molecule has 0 spiro atoms. The van der Waals surface area contributed by atoms with E-state index in [1.165, 1.54) is 6.07 Å². The Morgan fingerprint density at radius 3 is 2.33 bits per heavy atom. The maximum absolute atomic E-state index is 12.7. The molecule has 30 heavy (non-hydrogen) atoms. The molecule has 3 fully saturated rings. The van der Waals surface area contributed by atoms with E-state index in [1.54, 1.807) is 0 Å². The maximum Gasteiger partial charge on any atom is 0.416 e. The van der Waals surface area contributed by atoms with Crippen molar-refractivity contribution in [1.29, 1.82) is 0 Å². The van der Waals surface area contributed by atoms with Gasteiger partial charge in [0.1, 0.15) is 6.54 Å². The van der Waals surface area contributed by atoms with Crippen molar-refractivity contribution < 1.29 is 37.1 Å². The third kappa shape index (κ3) is 3.66. The molecule has 0 radical (unpaired) electrons.